The van der Waals surface area contributed by atoms with E-state index in [-0.39, 0.29) is 18.3 Å². The minimum absolute atomic E-state index is 0.180. The third kappa shape index (κ3) is 10.2. The first-order valence-electron chi connectivity index (χ1n) is 7.84. The molecule has 0 bridgehead atoms. The molecule has 0 aliphatic carbocycles. The van der Waals surface area contributed by atoms with Crippen molar-refractivity contribution in [2.75, 3.05) is 0 Å². The summed E-state index contributed by atoms with van der Waals surface area (Å²) in [5, 5.41) is 0. The minimum atomic E-state index is -3.38. The van der Waals surface area contributed by atoms with E-state index in [1.54, 1.807) is 0 Å². The standard InChI is InChI=1S/C6H13.3C3H7O.Zr/c1-3-5-6-4-2;3*1-3(2)4;/h1,3-6H2,2H3;3*3H,1-2H3;/q;3*-1;+3. The fourth-order valence-corrected chi connectivity index (χ4v) is 10.4. The summed E-state index contributed by atoms with van der Waals surface area (Å²) < 4.78 is 19.6. The van der Waals surface area contributed by atoms with Crippen molar-refractivity contribution in [3.05, 3.63) is 0 Å². The predicted molar refractivity (Wildman–Crippen MR) is 77.6 cm³/mol. The number of hydrogen-bond acceptors (Lipinski definition) is 3. The summed E-state index contributed by atoms with van der Waals surface area (Å²) in [6, 6.07) is 0. The van der Waals surface area contributed by atoms with E-state index in [9.17, 15) is 0 Å². The number of rotatable bonds is 11. The van der Waals surface area contributed by atoms with Crippen LogP contribution in [0.4, 0.5) is 0 Å². The Morgan fingerprint density at radius 1 is 0.684 bits per heavy atom. The summed E-state index contributed by atoms with van der Waals surface area (Å²) in [4.78, 5) is 0. The fraction of sp³-hybridized carbons (Fsp3) is 1.00. The van der Waals surface area contributed by atoms with Crippen LogP contribution < -0.4 is 0 Å². The molecule has 0 unspecified atom stereocenters. The second kappa shape index (κ2) is 10.5. The van der Waals surface area contributed by atoms with Gasteiger partial charge < -0.3 is 0 Å². The Morgan fingerprint density at radius 2 is 1.11 bits per heavy atom. The molecule has 0 N–H and O–H groups in total. The quantitative estimate of drug-likeness (QED) is 0.480. The van der Waals surface area contributed by atoms with Gasteiger partial charge in [0.2, 0.25) is 0 Å². The van der Waals surface area contributed by atoms with Crippen LogP contribution in [-0.4, -0.2) is 18.3 Å². The van der Waals surface area contributed by atoms with Crippen LogP contribution in [0.2, 0.25) is 4.13 Å². The van der Waals surface area contributed by atoms with Crippen molar-refractivity contribution in [3.63, 3.8) is 0 Å². The van der Waals surface area contributed by atoms with E-state index >= 15 is 0 Å². The summed E-state index contributed by atoms with van der Waals surface area (Å²) in [6.45, 7) is 14.7. The SMILES string of the molecule is CCCCC[CH2][Zr]([O]C(C)C)([O]C(C)C)[O]C(C)C. The molecule has 3 nitrogen and oxygen atoms in total. The predicted octanol–water partition coefficient (Wildman–Crippen LogP) is 5.16. The molecule has 4 heteroatoms. The third-order valence-corrected chi connectivity index (χ3v) is 11.1. The van der Waals surface area contributed by atoms with Gasteiger partial charge in [-0.1, -0.05) is 0 Å². The first-order chi connectivity index (χ1) is 8.81. The summed E-state index contributed by atoms with van der Waals surface area (Å²) >= 11 is -3.38. The molecule has 0 aromatic heterocycles. The van der Waals surface area contributed by atoms with Crippen molar-refractivity contribution in [3.8, 4) is 0 Å². The van der Waals surface area contributed by atoms with E-state index in [1.165, 1.54) is 19.3 Å². The van der Waals surface area contributed by atoms with Crippen LogP contribution in [0, 0.1) is 0 Å². The number of hydrogen-bond donors (Lipinski definition) is 0. The van der Waals surface area contributed by atoms with Gasteiger partial charge in [-0.25, -0.2) is 0 Å². The maximum atomic E-state index is 6.21. The van der Waals surface area contributed by atoms with E-state index in [2.05, 4.69) is 48.5 Å². The Balaban J connectivity index is 4.68. The van der Waals surface area contributed by atoms with E-state index in [4.69, 9.17) is 8.44 Å². The van der Waals surface area contributed by atoms with Crippen molar-refractivity contribution in [1.82, 2.24) is 0 Å². The molecule has 19 heavy (non-hydrogen) atoms. The van der Waals surface area contributed by atoms with Gasteiger partial charge in [-0.05, 0) is 0 Å². The van der Waals surface area contributed by atoms with Gasteiger partial charge in [0.15, 0.2) is 0 Å². The van der Waals surface area contributed by atoms with Crippen molar-refractivity contribution in [2.24, 2.45) is 0 Å². The van der Waals surface area contributed by atoms with Crippen LogP contribution >= 0.6 is 0 Å². The van der Waals surface area contributed by atoms with E-state index in [1.807, 2.05) is 0 Å². The molecule has 0 saturated carbocycles. The molecule has 116 valence electrons. The molecule has 0 saturated heterocycles. The van der Waals surface area contributed by atoms with E-state index < -0.39 is 21.6 Å². The molecule has 0 radical (unpaired) electrons. The molecule has 0 fully saturated rings. The van der Waals surface area contributed by atoms with Gasteiger partial charge in [0.25, 0.3) is 0 Å². The summed E-state index contributed by atoms with van der Waals surface area (Å²) in [5.41, 5.74) is 0. The molecular weight excluding hydrogens is 319 g/mol. The topological polar surface area (TPSA) is 27.7 Å². The van der Waals surface area contributed by atoms with Crippen LogP contribution in [-0.2, 0) is 30.0 Å². The molecule has 0 atom stereocenters. The molecule has 0 aromatic rings. The van der Waals surface area contributed by atoms with Crippen molar-refractivity contribution in [1.29, 1.82) is 0 Å². The Bertz CT molecular complexity index is 191. The first kappa shape index (κ1) is 19.8. The Kier molecular flexibility index (Phi) is 10.9. The summed E-state index contributed by atoms with van der Waals surface area (Å²) in [7, 11) is 0. The van der Waals surface area contributed by atoms with Crippen molar-refractivity contribution >= 4 is 0 Å². The van der Waals surface area contributed by atoms with E-state index in [0.29, 0.717) is 0 Å². The Morgan fingerprint density at radius 3 is 1.42 bits per heavy atom. The zero-order valence-electron chi connectivity index (χ0n) is 14.0. The van der Waals surface area contributed by atoms with Gasteiger partial charge >= 0.3 is 127 Å². The van der Waals surface area contributed by atoms with E-state index in [0.717, 1.165) is 10.5 Å². The molecule has 0 rings (SSSR count). The molecule has 0 aliphatic heterocycles. The number of unbranched alkanes of at least 4 members (excludes halogenated alkanes) is 3. The van der Waals surface area contributed by atoms with Gasteiger partial charge in [-0.3, -0.25) is 0 Å². The third-order valence-electron chi connectivity index (χ3n) is 2.58. The Labute approximate surface area is 126 Å². The van der Waals surface area contributed by atoms with Gasteiger partial charge in [0.1, 0.15) is 0 Å². The second-order valence-corrected chi connectivity index (χ2v) is 12.3. The van der Waals surface area contributed by atoms with Crippen LogP contribution in [0.15, 0.2) is 0 Å². The molecule has 0 spiro atoms. The van der Waals surface area contributed by atoms with Crippen LogP contribution in [0.5, 0.6) is 0 Å². The van der Waals surface area contributed by atoms with Crippen LogP contribution in [0.1, 0.15) is 74.1 Å². The van der Waals surface area contributed by atoms with Crippen LogP contribution in [0.25, 0.3) is 0 Å². The zero-order valence-corrected chi connectivity index (χ0v) is 16.5. The Hall–Kier alpha value is 0.763. The van der Waals surface area contributed by atoms with Gasteiger partial charge in [0.05, 0.1) is 0 Å². The van der Waals surface area contributed by atoms with Gasteiger partial charge in [-0.15, -0.1) is 0 Å². The molecular formula is C15H34O3Zr. The summed E-state index contributed by atoms with van der Waals surface area (Å²) in [5.74, 6) is 0. The van der Waals surface area contributed by atoms with Gasteiger partial charge in [0, 0.05) is 0 Å². The van der Waals surface area contributed by atoms with Crippen molar-refractivity contribution < 1.29 is 30.0 Å². The fourth-order valence-electron chi connectivity index (χ4n) is 2.11. The average Bonchev–Trinajstić information content (AvgIpc) is 2.21. The second-order valence-electron chi connectivity index (χ2n) is 5.99. The van der Waals surface area contributed by atoms with Gasteiger partial charge in [-0.2, -0.15) is 0 Å². The summed E-state index contributed by atoms with van der Waals surface area (Å²) in [6.07, 6.45) is 5.49. The molecule has 0 heterocycles. The molecule has 0 amide bonds. The normalized spacial score (nSPS) is 12.9. The van der Waals surface area contributed by atoms with Crippen molar-refractivity contribution in [2.45, 2.75) is 96.6 Å². The first-order valence-corrected chi connectivity index (χ1v) is 12.6. The molecule has 0 aliphatic rings. The van der Waals surface area contributed by atoms with Crippen LogP contribution in [0.3, 0.4) is 0 Å². The zero-order chi connectivity index (χ0) is 14.9. The molecule has 0 aromatic carbocycles. The monoisotopic (exact) mass is 352 g/mol. The maximum absolute atomic E-state index is 6.21. The average molecular weight is 354 g/mol.